The molecule has 0 aromatic carbocycles. The van der Waals surface area contributed by atoms with Crippen LogP contribution in [0.5, 0.6) is 0 Å². The Balaban J connectivity index is 1.66. The Morgan fingerprint density at radius 2 is 1.96 bits per heavy atom. The van der Waals surface area contributed by atoms with E-state index in [2.05, 4.69) is 10.6 Å². The van der Waals surface area contributed by atoms with Gasteiger partial charge in [0.25, 0.3) is 5.91 Å². The van der Waals surface area contributed by atoms with Crippen molar-refractivity contribution in [2.45, 2.75) is 58.4 Å². The fraction of sp³-hybridized carbons (Fsp3) is 0.611. The Kier molecular flexibility index (Phi) is 5.42. The van der Waals surface area contributed by atoms with Crippen molar-refractivity contribution >= 4 is 34.1 Å². The van der Waals surface area contributed by atoms with Crippen molar-refractivity contribution in [3.05, 3.63) is 16.0 Å². The molecule has 1 aromatic heterocycles. The summed E-state index contributed by atoms with van der Waals surface area (Å²) in [5.74, 6) is -0.478. The summed E-state index contributed by atoms with van der Waals surface area (Å²) in [5, 5.41) is 6.14. The second-order valence-electron chi connectivity index (χ2n) is 6.87. The fourth-order valence-corrected chi connectivity index (χ4v) is 4.57. The molecule has 2 aliphatic rings. The molecule has 1 atom stereocenters. The van der Waals surface area contributed by atoms with E-state index in [1.54, 1.807) is 0 Å². The van der Waals surface area contributed by atoms with Crippen molar-refractivity contribution in [1.82, 2.24) is 5.32 Å². The normalized spacial score (nSPS) is 17.4. The maximum atomic E-state index is 12.6. The number of aryl methyl sites for hydroxylation is 1. The number of esters is 1. The van der Waals surface area contributed by atoms with Crippen LogP contribution in [0.2, 0.25) is 0 Å². The third kappa shape index (κ3) is 4.39. The third-order valence-corrected chi connectivity index (χ3v) is 5.92. The number of anilines is 1. The van der Waals surface area contributed by atoms with E-state index < -0.39 is 5.97 Å². The second kappa shape index (κ2) is 7.56. The first-order valence-corrected chi connectivity index (χ1v) is 9.66. The molecular formula is C18H24N2O4S. The second-order valence-corrected chi connectivity index (χ2v) is 7.97. The molecule has 0 spiro atoms. The predicted octanol–water partition coefficient (Wildman–Crippen LogP) is 2.66. The van der Waals surface area contributed by atoms with Gasteiger partial charge in [0, 0.05) is 17.8 Å². The highest BCUT2D eigenvalue weighted by Gasteiger charge is 2.30. The number of carbonyl (C=O) groups excluding carboxylic acids is 3. The molecule has 2 amide bonds. The first kappa shape index (κ1) is 17.9. The number of nitrogens with one attached hydrogen (secondary N) is 2. The molecule has 0 bridgehead atoms. The van der Waals surface area contributed by atoms with Gasteiger partial charge in [-0.15, -0.1) is 11.3 Å². The van der Waals surface area contributed by atoms with E-state index in [9.17, 15) is 14.4 Å². The van der Waals surface area contributed by atoms with E-state index in [1.165, 1.54) is 18.3 Å². The molecule has 2 aliphatic carbocycles. The van der Waals surface area contributed by atoms with Crippen LogP contribution < -0.4 is 10.6 Å². The number of carbonyl (C=O) groups is 3. The average molecular weight is 364 g/mol. The molecule has 2 N–H and O–H groups in total. The van der Waals surface area contributed by atoms with Gasteiger partial charge < -0.3 is 15.4 Å². The molecule has 136 valence electrons. The first-order valence-electron chi connectivity index (χ1n) is 8.84. The average Bonchev–Trinajstić information content (AvgIpc) is 3.34. The van der Waals surface area contributed by atoms with Crippen molar-refractivity contribution in [1.29, 1.82) is 0 Å². The van der Waals surface area contributed by atoms with Crippen LogP contribution in [0.25, 0.3) is 0 Å². The zero-order valence-corrected chi connectivity index (χ0v) is 15.5. The van der Waals surface area contributed by atoms with Gasteiger partial charge in [0.2, 0.25) is 5.91 Å². The minimum absolute atomic E-state index is 0.120. The lowest BCUT2D eigenvalue weighted by molar-refractivity contribution is -0.125. The largest absolute Gasteiger partial charge is 0.452 e. The summed E-state index contributed by atoms with van der Waals surface area (Å²) in [5.41, 5.74) is 1.40. The van der Waals surface area contributed by atoms with Crippen molar-refractivity contribution in [2.24, 2.45) is 5.92 Å². The molecule has 7 heteroatoms. The third-order valence-electron chi connectivity index (χ3n) is 4.72. The molecule has 1 aromatic rings. The maximum absolute atomic E-state index is 12.6. The van der Waals surface area contributed by atoms with Crippen LogP contribution in [0.15, 0.2) is 0 Å². The van der Waals surface area contributed by atoms with Gasteiger partial charge in [0.05, 0.1) is 5.56 Å². The van der Waals surface area contributed by atoms with E-state index in [4.69, 9.17) is 4.74 Å². The molecule has 3 rings (SSSR count). The lowest BCUT2D eigenvalue weighted by Gasteiger charge is -2.14. The van der Waals surface area contributed by atoms with Crippen LogP contribution in [-0.4, -0.2) is 30.4 Å². The molecule has 1 saturated carbocycles. The summed E-state index contributed by atoms with van der Waals surface area (Å²) in [6.45, 7) is 3.10. The number of amides is 2. The first-order chi connectivity index (χ1) is 12.0. The van der Waals surface area contributed by atoms with Gasteiger partial charge in [0.1, 0.15) is 5.00 Å². The summed E-state index contributed by atoms with van der Waals surface area (Å²) in [6.07, 6.45) is 6.11. The van der Waals surface area contributed by atoms with E-state index in [0.717, 1.165) is 49.0 Å². The van der Waals surface area contributed by atoms with Crippen LogP contribution in [-0.2, 0) is 27.2 Å². The van der Waals surface area contributed by atoms with Gasteiger partial charge in [-0.25, -0.2) is 4.79 Å². The molecular weight excluding hydrogens is 340 g/mol. The van der Waals surface area contributed by atoms with E-state index in [1.807, 2.05) is 6.92 Å². The van der Waals surface area contributed by atoms with Gasteiger partial charge in [-0.05, 0) is 56.9 Å². The van der Waals surface area contributed by atoms with Gasteiger partial charge in [0.15, 0.2) is 6.61 Å². The fourth-order valence-electron chi connectivity index (χ4n) is 3.24. The van der Waals surface area contributed by atoms with Gasteiger partial charge >= 0.3 is 5.97 Å². The number of rotatable bonds is 6. The quantitative estimate of drug-likeness (QED) is 0.760. The molecule has 0 aliphatic heterocycles. The van der Waals surface area contributed by atoms with Crippen LogP contribution in [0.4, 0.5) is 5.00 Å². The van der Waals surface area contributed by atoms with Crippen molar-refractivity contribution in [2.75, 3.05) is 11.9 Å². The number of hydrogen-bond acceptors (Lipinski definition) is 5. The van der Waals surface area contributed by atoms with Crippen molar-refractivity contribution < 1.29 is 19.1 Å². The Morgan fingerprint density at radius 1 is 1.24 bits per heavy atom. The molecule has 1 heterocycles. The van der Waals surface area contributed by atoms with Crippen molar-refractivity contribution in [3.8, 4) is 0 Å². The minimum atomic E-state index is -0.530. The standard InChI is InChI=1S/C18H24N2O4S/c1-10(12-7-8-12)19-15(22)9-24-18(23)16-13-5-3-4-6-14(13)25-17(16)20-11(2)21/h10,12H,3-9H2,1-2H3,(H,19,22)(H,20,21)/t10-/m1/s1. The van der Waals surface area contributed by atoms with Crippen molar-refractivity contribution in [3.63, 3.8) is 0 Å². The van der Waals surface area contributed by atoms with E-state index in [0.29, 0.717) is 16.5 Å². The summed E-state index contributed by atoms with van der Waals surface area (Å²) in [7, 11) is 0. The summed E-state index contributed by atoms with van der Waals surface area (Å²) in [6, 6.07) is 0.120. The monoisotopic (exact) mass is 364 g/mol. The van der Waals surface area contributed by atoms with Gasteiger partial charge in [-0.1, -0.05) is 0 Å². The summed E-state index contributed by atoms with van der Waals surface area (Å²) < 4.78 is 5.24. The smallest absolute Gasteiger partial charge is 0.341 e. The highest BCUT2D eigenvalue weighted by molar-refractivity contribution is 7.17. The molecule has 0 unspecified atom stereocenters. The molecule has 25 heavy (non-hydrogen) atoms. The van der Waals surface area contributed by atoms with Crippen LogP contribution >= 0.6 is 11.3 Å². The predicted molar refractivity (Wildman–Crippen MR) is 95.9 cm³/mol. The topological polar surface area (TPSA) is 84.5 Å². The highest BCUT2D eigenvalue weighted by atomic mass is 32.1. The van der Waals surface area contributed by atoms with E-state index >= 15 is 0 Å². The van der Waals surface area contributed by atoms with Crippen LogP contribution in [0.3, 0.4) is 0 Å². The highest BCUT2D eigenvalue weighted by Crippen LogP contribution is 2.38. The summed E-state index contributed by atoms with van der Waals surface area (Å²) >= 11 is 1.44. The van der Waals surface area contributed by atoms with Crippen LogP contribution in [0, 0.1) is 5.92 Å². The molecule has 0 radical (unpaired) electrons. The van der Waals surface area contributed by atoms with E-state index in [-0.39, 0.29) is 24.5 Å². The number of ether oxygens (including phenoxy) is 1. The zero-order chi connectivity index (χ0) is 18.0. The molecule has 1 fully saturated rings. The number of hydrogen-bond donors (Lipinski definition) is 2. The Bertz CT molecular complexity index is 693. The number of fused-ring (bicyclic) bond motifs is 1. The Morgan fingerprint density at radius 3 is 2.64 bits per heavy atom. The molecule has 6 nitrogen and oxygen atoms in total. The minimum Gasteiger partial charge on any atom is -0.452 e. The zero-order valence-electron chi connectivity index (χ0n) is 14.6. The summed E-state index contributed by atoms with van der Waals surface area (Å²) in [4.78, 5) is 37.1. The van der Waals surface area contributed by atoms with Crippen LogP contribution in [0.1, 0.15) is 60.3 Å². The maximum Gasteiger partial charge on any atom is 0.341 e. The Hall–Kier alpha value is -1.89. The number of thiophene rings is 1. The van der Waals surface area contributed by atoms with Gasteiger partial charge in [-0.3, -0.25) is 9.59 Å². The Labute approximate surface area is 151 Å². The SMILES string of the molecule is CC(=O)Nc1sc2c(c1C(=O)OCC(=O)N[C@H](C)C1CC1)CCCC2. The van der Waals surface area contributed by atoms with Gasteiger partial charge in [-0.2, -0.15) is 0 Å². The molecule has 0 saturated heterocycles. The lowest BCUT2D eigenvalue weighted by Crippen LogP contribution is -2.37. The lowest BCUT2D eigenvalue weighted by atomic mass is 9.95.